The van der Waals surface area contributed by atoms with E-state index in [1.54, 1.807) is 18.5 Å². The minimum Gasteiger partial charge on any atom is -0.369 e. The molecule has 0 radical (unpaired) electrons. The molecule has 2 aromatic heterocycles. The van der Waals surface area contributed by atoms with Gasteiger partial charge in [-0.05, 0) is 25.1 Å². The van der Waals surface area contributed by atoms with Gasteiger partial charge in [0, 0.05) is 44.1 Å². The molecule has 3 atom stereocenters. The minimum atomic E-state index is -0.216. The summed E-state index contributed by atoms with van der Waals surface area (Å²) in [6.45, 7) is 3.93. The number of nitrogens with zero attached hydrogens (tertiary/aromatic N) is 4. The summed E-state index contributed by atoms with van der Waals surface area (Å²) in [4.78, 5) is 12.3. The van der Waals surface area contributed by atoms with Gasteiger partial charge in [0.1, 0.15) is 11.8 Å². The van der Waals surface area contributed by atoms with Gasteiger partial charge in [0.05, 0.1) is 24.1 Å². The molecule has 28 heavy (non-hydrogen) atoms. The Morgan fingerprint density at radius 2 is 2.29 bits per heavy atom. The van der Waals surface area contributed by atoms with Gasteiger partial charge >= 0.3 is 0 Å². The number of aromatic nitrogens is 4. The standard InChI is InChI=1S/C18H24N8O2/c1-11-17(28-8-7-19-11)14-9-12(16-4-6-22-26(16)2)15(25-24-14)10-20-18(27)13-3-5-21-23-13/h3-6,9,11,15,17,19,25H,7-8,10H2,1-2H3,(H,20,27)(H,21,23)/t11?,15?,17-/m1/s1. The number of nitrogens with one attached hydrogen (secondary N) is 4. The third-order valence-corrected chi connectivity index (χ3v) is 4.97. The van der Waals surface area contributed by atoms with Crippen LogP contribution in [0.1, 0.15) is 23.1 Å². The molecule has 148 valence electrons. The lowest BCUT2D eigenvalue weighted by Gasteiger charge is -2.33. The summed E-state index contributed by atoms with van der Waals surface area (Å²) in [5.74, 6) is -0.216. The first-order chi connectivity index (χ1) is 13.6. The predicted octanol–water partition coefficient (Wildman–Crippen LogP) is -0.339. The second kappa shape index (κ2) is 7.95. The molecule has 0 aromatic carbocycles. The average molecular weight is 384 g/mol. The van der Waals surface area contributed by atoms with Crippen molar-refractivity contribution in [2.24, 2.45) is 12.1 Å². The molecule has 2 aliphatic rings. The Balaban J connectivity index is 1.55. The second-order valence-electron chi connectivity index (χ2n) is 6.87. The summed E-state index contributed by atoms with van der Waals surface area (Å²) < 4.78 is 7.74. The third kappa shape index (κ3) is 3.69. The topological polar surface area (TPSA) is 121 Å². The molecule has 4 N–H and O–H groups in total. The number of aromatic amines is 1. The Morgan fingerprint density at radius 3 is 3.00 bits per heavy atom. The summed E-state index contributed by atoms with van der Waals surface area (Å²) in [5, 5.41) is 21.6. The maximum Gasteiger partial charge on any atom is 0.269 e. The maximum atomic E-state index is 12.3. The van der Waals surface area contributed by atoms with Crippen LogP contribution in [0.5, 0.6) is 0 Å². The molecule has 0 aliphatic carbocycles. The molecular formula is C18H24N8O2. The van der Waals surface area contributed by atoms with Crippen molar-refractivity contribution in [3.63, 3.8) is 0 Å². The monoisotopic (exact) mass is 384 g/mol. The van der Waals surface area contributed by atoms with Gasteiger partial charge in [0.2, 0.25) is 0 Å². The first kappa shape index (κ1) is 18.4. The van der Waals surface area contributed by atoms with Crippen LogP contribution in [-0.4, -0.2) is 69.5 Å². The van der Waals surface area contributed by atoms with E-state index in [1.807, 2.05) is 23.9 Å². The molecule has 2 unspecified atom stereocenters. The lowest BCUT2D eigenvalue weighted by Crippen LogP contribution is -2.52. The van der Waals surface area contributed by atoms with Crippen LogP contribution in [0.3, 0.4) is 0 Å². The minimum absolute atomic E-state index is 0.134. The number of carbonyl (C=O) groups excluding carboxylic acids is 1. The summed E-state index contributed by atoms with van der Waals surface area (Å²) in [6.07, 6.45) is 5.20. The van der Waals surface area contributed by atoms with Gasteiger partial charge in [-0.2, -0.15) is 15.3 Å². The van der Waals surface area contributed by atoms with Crippen molar-refractivity contribution in [1.29, 1.82) is 0 Å². The highest BCUT2D eigenvalue weighted by atomic mass is 16.5. The van der Waals surface area contributed by atoms with Gasteiger partial charge in [-0.15, -0.1) is 0 Å². The number of H-pyrrole nitrogens is 1. The Bertz CT molecular complexity index is 885. The van der Waals surface area contributed by atoms with Gasteiger partial charge in [-0.25, -0.2) is 0 Å². The number of carbonyl (C=O) groups is 1. The number of hydrogen-bond acceptors (Lipinski definition) is 7. The molecule has 10 heteroatoms. The predicted molar refractivity (Wildman–Crippen MR) is 104 cm³/mol. The summed E-state index contributed by atoms with van der Waals surface area (Å²) >= 11 is 0. The Kier molecular flexibility index (Phi) is 5.22. The van der Waals surface area contributed by atoms with Crippen LogP contribution in [0, 0.1) is 0 Å². The van der Waals surface area contributed by atoms with Crippen LogP contribution in [0.15, 0.2) is 35.7 Å². The average Bonchev–Trinajstić information content (AvgIpc) is 3.38. The number of hydrazone groups is 1. The zero-order valence-electron chi connectivity index (χ0n) is 15.8. The smallest absolute Gasteiger partial charge is 0.269 e. The number of aryl methyl sites for hydroxylation is 1. The number of hydrogen-bond donors (Lipinski definition) is 4. The Morgan fingerprint density at radius 1 is 1.39 bits per heavy atom. The highest BCUT2D eigenvalue weighted by Gasteiger charge is 2.31. The zero-order valence-corrected chi connectivity index (χ0v) is 15.8. The van der Waals surface area contributed by atoms with Crippen LogP contribution in [-0.2, 0) is 11.8 Å². The number of ether oxygens (including phenoxy) is 1. The molecule has 0 spiro atoms. The van der Waals surface area contributed by atoms with Crippen molar-refractivity contribution in [2.45, 2.75) is 25.1 Å². The molecule has 1 amide bonds. The highest BCUT2D eigenvalue weighted by Crippen LogP contribution is 2.23. The van der Waals surface area contributed by atoms with Crippen molar-refractivity contribution >= 4 is 17.2 Å². The van der Waals surface area contributed by atoms with Crippen molar-refractivity contribution in [1.82, 2.24) is 36.0 Å². The fourth-order valence-electron chi connectivity index (χ4n) is 3.46. The van der Waals surface area contributed by atoms with Gasteiger partial charge < -0.3 is 20.8 Å². The number of rotatable bonds is 5. The van der Waals surface area contributed by atoms with Crippen molar-refractivity contribution in [3.8, 4) is 0 Å². The lowest BCUT2D eigenvalue weighted by molar-refractivity contribution is 0.0438. The molecule has 0 bridgehead atoms. The molecule has 10 nitrogen and oxygen atoms in total. The lowest BCUT2D eigenvalue weighted by atomic mass is 9.96. The second-order valence-corrected chi connectivity index (χ2v) is 6.87. The fraction of sp³-hybridized carbons (Fsp3) is 0.444. The largest absolute Gasteiger partial charge is 0.369 e. The molecule has 4 rings (SSSR count). The summed E-state index contributed by atoms with van der Waals surface area (Å²) in [6, 6.07) is 3.55. The van der Waals surface area contributed by atoms with Crippen LogP contribution in [0.4, 0.5) is 0 Å². The van der Waals surface area contributed by atoms with Gasteiger partial charge in [-0.3, -0.25) is 14.6 Å². The number of morpholine rings is 1. The highest BCUT2D eigenvalue weighted by molar-refractivity contribution is 6.05. The van der Waals surface area contributed by atoms with E-state index in [0.29, 0.717) is 18.8 Å². The van der Waals surface area contributed by atoms with E-state index in [9.17, 15) is 4.79 Å². The van der Waals surface area contributed by atoms with Gasteiger partial charge in [-0.1, -0.05) is 0 Å². The van der Waals surface area contributed by atoms with E-state index in [1.165, 1.54) is 0 Å². The van der Waals surface area contributed by atoms with Crippen molar-refractivity contribution in [3.05, 3.63) is 42.0 Å². The van der Waals surface area contributed by atoms with Gasteiger partial charge in [0.25, 0.3) is 5.91 Å². The van der Waals surface area contributed by atoms with E-state index in [2.05, 4.69) is 43.4 Å². The van der Waals surface area contributed by atoms with Crippen molar-refractivity contribution in [2.75, 3.05) is 19.7 Å². The number of amides is 1. The first-order valence-electron chi connectivity index (χ1n) is 9.29. The molecule has 2 aliphatic heterocycles. The van der Waals surface area contributed by atoms with Crippen molar-refractivity contribution < 1.29 is 9.53 Å². The molecule has 1 saturated heterocycles. The quantitative estimate of drug-likeness (QED) is 0.560. The van der Waals surface area contributed by atoms with E-state index >= 15 is 0 Å². The van der Waals surface area contributed by atoms with E-state index in [4.69, 9.17) is 4.74 Å². The van der Waals surface area contributed by atoms with E-state index in [-0.39, 0.29) is 24.1 Å². The SMILES string of the molecule is CC1NCCO[C@H]1C1=NNC(CNC(=O)c2ccn[nH]2)C(c2ccnn2C)=C1. The van der Waals surface area contributed by atoms with E-state index in [0.717, 1.165) is 23.5 Å². The summed E-state index contributed by atoms with van der Waals surface area (Å²) in [7, 11) is 1.89. The van der Waals surface area contributed by atoms with Gasteiger partial charge in [0.15, 0.2) is 0 Å². The molecule has 0 saturated carbocycles. The Hall–Kier alpha value is -2.98. The van der Waals surface area contributed by atoms with Crippen LogP contribution >= 0.6 is 0 Å². The fourth-order valence-corrected chi connectivity index (χ4v) is 3.46. The van der Waals surface area contributed by atoms with Crippen LogP contribution in [0.25, 0.3) is 5.57 Å². The van der Waals surface area contributed by atoms with E-state index < -0.39 is 0 Å². The first-order valence-corrected chi connectivity index (χ1v) is 9.29. The molecular weight excluding hydrogens is 360 g/mol. The van der Waals surface area contributed by atoms with Crippen LogP contribution < -0.4 is 16.1 Å². The maximum absolute atomic E-state index is 12.3. The van der Waals surface area contributed by atoms with Crippen LogP contribution in [0.2, 0.25) is 0 Å². The molecule has 1 fully saturated rings. The molecule has 2 aromatic rings. The summed E-state index contributed by atoms with van der Waals surface area (Å²) in [5.41, 5.74) is 6.38. The third-order valence-electron chi connectivity index (χ3n) is 4.97. The molecule has 4 heterocycles. The zero-order chi connectivity index (χ0) is 19.5. The Labute approximate surface area is 162 Å². The normalized spacial score (nSPS) is 24.9.